The maximum Gasteiger partial charge on any atom is 0.387 e. The van der Waals surface area contributed by atoms with Crippen molar-refractivity contribution in [1.29, 1.82) is 0 Å². The summed E-state index contributed by atoms with van der Waals surface area (Å²) in [7, 11) is -3.61. The summed E-state index contributed by atoms with van der Waals surface area (Å²) in [4.78, 5) is 16.7. The fourth-order valence-electron chi connectivity index (χ4n) is 3.12. The Morgan fingerprint density at radius 2 is 2.06 bits per heavy atom. The molecule has 1 atom stereocenters. The molecule has 2 aromatic rings. The Hall–Kier alpha value is -2.15. The number of rotatable bonds is 7. The minimum absolute atomic E-state index is 0.0203. The molecule has 0 bridgehead atoms. The van der Waals surface area contributed by atoms with Crippen molar-refractivity contribution in [2.75, 3.05) is 5.32 Å². The molecule has 176 valence electrons. The molecule has 1 aromatic heterocycles. The predicted molar refractivity (Wildman–Crippen MR) is 119 cm³/mol. The number of aliphatic hydroxyl groups is 1. The van der Waals surface area contributed by atoms with Crippen molar-refractivity contribution < 1.29 is 27.6 Å². The third kappa shape index (κ3) is 5.80. The molecule has 12 heteroatoms. The Labute approximate surface area is 189 Å². The second-order valence-electron chi connectivity index (χ2n) is 8.42. The van der Waals surface area contributed by atoms with Crippen LogP contribution in [0.1, 0.15) is 68.5 Å². The van der Waals surface area contributed by atoms with E-state index in [4.69, 9.17) is 5.14 Å². The van der Waals surface area contributed by atoms with Crippen molar-refractivity contribution in [2.24, 2.45) is 9.50 Å². The van der Waals surface area contributed by atoms with Crippen molar-refractivity contribution in [2.45, 2.75) is 68.8 Å². The van der Waals surface area contributed by atoms with Gasteiger partial charge in [-0.15, -0.1) is 15.7 Å². The van der Waals surface area contributed by atoms with Crippen molar-refractivity contribution in [3.05, 3.63) is 34.5 Å². The summed E-state index contributed by atoms with van der Waals surface area (Å²) in [6.45, 7) is 3.78. The second kappa shape index (κ2) is 9.00. The van der Waals surface area contributed by atoms with Crippen LogP contribution < -0.4 is 15.2 Å². The number of benzene rings is 1. The van der Waals surface area contributed by atoms with E-state index in [9.17, 15) is 22.9 Å². The number of thiazole rings is 1. The number of urea groups is 1. The summed E-state index contributed by atoms with van der Waals surface area (Å²) >= 11 is 0.906. The number of alkyl halides is 2. The summed E-state index contributed by atoms with van der Waals surface area (Å²) in [6, 6.07) is 2.02. The van der Waals surface area contributed by atoms with Crippen LogP contribution in [0.2, 0.25) is 0 Å². The van der Waals surface area contributed by atoms with Gasteiger partial charge in [0.1, 0.15) is 20.6 Å². The average molecular weight is 489 g/mol. The summed E-state index contributed by atoms with van der Waals surface area (Å²) in [6.07, 6.45) is 2.93. The lowest BCUT2D eigenvalue weighted by atomic mass is 9.95. The first kappa shape index (κ1) is 24.5. The van der Waals surface area contributed by atoms with Crippen LogP contribution >= 0.6 is 11.3 Å². The maximum absolute atomic E-state index is 12.9. The average Bonchev–Trinajstić information content (AvgIpc) is 3.34. The zero-order valence-electron chi connectivity index (χ0n) is 18.1. The number of halogens is 2. The van der Waals surface area contributed by atoms with Gasteiger partial charge in [0.2, 0.25) is 0 Å². The van der Waals surface area contributed by atoms with Crippen LogP contribution in [0.3, 0.4) is 0 Å². The van der Waals surface area contributed by atoms with E-state index in [1.165, 1.54) is 32.2 Å². The highest BCUT2D eigenvalue weighted by molar-refractivity contribution is 7.93. The molecule has 1 saturated carbocycles. The lowest BCUT2D eigenvalue weighted by molar-refractivity contribution is -0.0499. The van der Waals surface area contributed by atoms with E-state index >= 15 is 0 Å². The number of carbonyl (C=O) groups is 1. The Kier molecular flexibility index (Phi) is 6.89. The van der Waals surface area contributed by atoms with E-state index < -0.39 is 28.2 Å². The van der Waals surface area contributed by atoms with E-state index in [0.717, 1.165) is 24.2 Å². The third-order valence-electron chi connectivity index (χ3n) is 4.78. The highest BCUT2D eigenvalue weighted by atomic mass is 32.2. The standard InChI is InChI=1S/C20H26F2N4O4S2/c1-10(2)13-7-12(30-18(21)22)8-14(11-5-6-11)16(13)25-19(27)26-32(23,29)15-9-24-17(31-15)20(3,4)28/h7-11,18,28H,5-6H2,1-4H3,(H3,23,25,26,27,29)/t32-/m0/s1. The number of carbonyl (C=O) groups excluding carboxylic acids is 1. The van der Waals surface area contributed by atoms with Gasteiger partial charge in [0, 0.05) is 5.69 Å². The van der Waals surface area contributed by atoms with E-state index in [1.54, 1.807) is 0 Å². The number of aromatic nitrogens is 1. The molecule has 1 heterocycles. The minimum atomic E-state index is -3.61. The number of hydrogen-bond acceptors (Lipinski definition) is 6. The second-order valence-corrected chi connectivity index (χ2v) is 11.5. The van der Waals surface area contributed by atoms with E-state index in [1.807, 2.05) is 13.8 Å². The van der Waals surface area contributed by atoms with Gasteiger partial charge in [0.15, 0.2) is 9.92 Å². The molecule has 1 aliphatic rings. The molecule has 32 heavy (non-hydrogen) atoms. The Bertz CT molecular complexity index is 1110. The monoisotopic (exact) mass is 488 g/mol. The van der Waals surface area contributed by atoms with E-state index in [2.05, 4.69) is 19.4 Å². The van der Waals surface area contributed by atoms with Crippen LogP contribution in [-0.2, 0) is 15.5 Å². The van der Waals surface area contributed by atoms with E-state index in [0.29, 0.717) is 16.8 Å². The van der Waals surface area contributed by atoms with Gasteiger partial charge in [-0.25, -0.2) is 19.1 Å². The van der Waals surface area contributed by atoms with Crippen LogP contribution in [0.4, 0.5) is 19.3 Å². The molecule has 8 nitrogen and oxygen atoms in total. The first-order chi connectivity index (χ1) is 14.8. The number of ether oxygens (including phenoxy) is 1. The smallest absolute Gasteiger partial charge is 0.387 e. The van der Waals surface area contributed by atoms with Gasteiger partial charge >= 0.3 is 12.6 Å². The summed E-state index contributed by atoms with van der Waals surface area (Å²) in [5, 5.41) is 18.8. The molecule has 1 aromatic carbocycles. The number of amides is 2. The molecule has 3 rings (SSSR count). The molecule has 2 amide bonds. The summed E-state index contributed by atoms with van der Waals surface area (Å²) in [5.41, 5.74) is 0.448. The van der Waals surface area contributed by atoms with Gasteiger partial charge in [0.05, 0.1) is 6.20 Å². The Morgan fingerprint density at radius 1 is 1.41 bits per heavy atom. The van der Waals surface area contributed by atoms with Crippen LogP contribution in [0, 0.1) is 0 Å². The van der Waals surface area contributed by atoms with Gasteiger partial charge in [-0.2, -0.15) is 8.78 Å². The van der Waals surface area contributed by atoms with Crippen molar-refractivity contribution >= 4 is 33.0 Å². The summed E-state index contributed by atoms with van der Waals surface area (Å²) < 4.78 is 46.7. The quantitative estimate of drug-likeness (QED) is 0.511. The topological polar surface area (TPSA) is 127 Å². The molecule has 1 aliphatic carbocycles. The summed E-state index contributed by atoms with van der Waals surface area (Å²) in [5.74, 6) is -0.00356. The zero-order valence-corrected chi connectivity index (χ0v) is 19.7. The van der Waals surface area contributed by atoms with Crippen LogP contribution in [0.5, 0.6) is 5.75 Å². The fraction of sp³-hybridized carbons (Fsp3) is 0.500. The number of nitrogens with two attached hydrogens (primary N) is 1. The number of hydrogen-bond donors (Lipinski definition) is 3. The molecule has 0 radical (unpaired) electrons. The van der Waals surface area contributed by atoms with E-state index in [-0.39, 0.29) is 26.8 Å². The molecular formula is C20H26F2N4O4S2. The van der Waals surface area contributed by atoms with Crippen molar-refractivity contribution in [3.8, 4) is 5.75 Å². The predicted octanol–water partition coefficient (Wildman–Crippen LogP) is 4.91. The largest absolute Gasteiger partial charge is 0.435 e. The van der Waals surface area contributed by atoms with Gasteiger partial charge < -0.3 is 15.2 Å². The van der Waals surface area contributed by atoms with Crippen molar-refractivity contribution in [3.63, 3.8) is 0 Å². The number of anilines is 1. The first-order valence-electron chi connectivity index (χ1n) is 9.95. The molecule has 4 N–H and O–H groups in total. The number of nitrogens with zero attached hydrogens (tertiary/aromatic N) is 2. The van der Waals surface area contributed by atoms with Gasteiger partial charge in [-0.1, -0.05) is 13.8 Å². The molecule has 0 spiro atoms. The normalized spacial score (nSPS) is 16.2. The van der Waals surface area contributed by atoms with Crippen LogP contribution in [0.15, 0.2) is 26.9 Å². The SMILES string of the molecule is CC(C)c1cc(OC(F)F)cc(C2CC2)c1NC(=O)N=[S@](N)(=O)c1cnc(C(C)(C)O)s1. The lowest BCUT2D eigenvalue weighted by Gasteiger charge is -2.19. The van der Waals surface area contributed by atoms with Crippen molar-refractivity contribution in [1.82, 2.24) is 4.98 Å². The van der Waals surface area contributed by atoms with Crippen LogP contribution in [0.25, 0.3) is 0 Å². The molecule has 1 fully saturated rings. The first-order valence-corrected chi connectivity index (χ1v) is 12.3. The molecule has 0 aliphatic heterocycles. The Morgan fingerprint density at radius 3 is 2.56 bits per heavy atom. The fourth-order valence-corrected chi connectivity index (χ4v) is 5.18. The highest BCUT2D eigenvalue weighted by Crippen LogP contribution is 2.47. The molecule has 0 saturated heterocycles. The zero-order chi connectivity index (χ0) is 23.8. The molecule has 0 unspecified atom stereocenters. The van der Waals surface area contributed by atoms with Gasteiger partial charge in [-0.05, 0) is 61.8 Å². The molecular weight excluding hydrogens is 462 g/mol. The third-order valence-corrected chi connectivity index (χ3v) is 7.97. The number of nitrogens with one attached hydrogen (secondary N) is 1. The highest BCUT2D eigenvalue weighted by Gasteiger charge is 2.30. The maximum atomic E-state index is 12.9. The van der Waals surface area contributed by atoms with Gasteiger partial charge in [0.25, 0.3) is 0 Å². The minimum Gasteiger partial charge on any atom is -0.435 e. The lowest BCUT2D eigenvalue weighted by Crippen LogP contribution is -2.18. The Balaban J connectivity index is 1.96. The van der Waals surface area contributed by atoms with Gasteiger partial charge in [-0.3, -0.25) is 0 Å². The van der Waals surface area contributed by atoms with Crippen LogP contribution in [-0.4, -0.2) is 26.9 Å².